The molecule has 1 unspecified atom stereocenters. The van der Waals surface area contributed by atoms with Crippen LogP contribution in [-0.2, 0) is 12.8 Å². The lowest BCUT2D eigenvalue weighted by atomic mass is 9.94. The molecular formula is C29H27ClN4O2. The number of halogens is 1. The van der Waals surface area contributed by atoms with E-state index in [1.54, 1.807) is 17.0 Å². The third-order valence-electron chi connectivity index (χ3n) is 6.57. The van der Waals surface area contributed by atoms with Crippen LogP contribution >= 0.6 is 11.6 Å². The molecule has 36 heavy (non-hydrogen) atoms. The molecule has 182 valence electrons. The molecule has 0 fully saturated rings. The van der Waals surface area contributed by atoms with Crippen LogP contribution in [0, 0.1) is 0 Å². The van der Waals surface area contributed by atoms with Crippen LogP contribution < -0.4 is 10.2 Å². The minimum Gasteiger partial charge on any atom is -0.334 e. The van der Waals surface area contributed by atoms with Gasteiger partial charge in [0, 0.05) is 16.3 Å². The van der Waals surface area contributed by atoms with Crippen molar-refractivity contribution in [2.45, 2.75) is 39.7 Å². The Morgan fingerprint density at radius 3 is 2.14 bits per heavy atom. The van der Waals surface area contributed by atoms with E-state index >= 15 is 0 Å². The molecule has 0 saturated heterocycles. The van der Waals surface area contributed by atoms with Crippen LogP contribution in [0.4, 0.5) is 10.5 Å². The van der Waals surface area contributed by atoms with Gasteiger partial charge in [0.1, 0.15) is 0 Å². The lowest BCUT2D eigenvalue weighted by Crippen LogP contribution is -2.46. The molecule has 1 N–H and O–H groups in total. The van der Waals surface area contributed by atoms with Crippen molar-refractivity contribution in [3.05, 3.63) is 106 Å². The van der Waals surface area contributed by atoms with Gasteiger partial charge in [-0.2, -0.15) is 4.98 Å². The second-order valence-corrected chi connectivity index (χ2v) is 9.20. The Morgan fingerprint density at radius 2 is 1.53 bits per heavy atom. The molecule has 0 saturated carbocycles. The molecule has 4 aromatic rings. The summed E-state index contributed by atoms with van der Waals surface area (Å²) in [5.41, 5.74) is 6.41. The van der Waals surface area contributed by atoms with E-state index in [1.165, 1.54) is 11.1 Å². The summed E-state index contributed by atoms with van der Waals surface area (Å²) >= 11 is 6.13. The molecule has 1 aliphatic heterocycles. The SMILES string of the molecule is CCc1ccc(-c2noc(C3=C(C)N(c4ccc(CC)cc4)C(=O)NC3c3ccc(Cl)cc3)n2)cc1. The average Bonchev–Trinajstić information content (AvgIpc) is 3.39. The maximum absolute atomic E-state index is 13.4. The number of aryl methyl sites for hydroxylation is 2. The van der Waals surface area contributed by atoms with Gasteiger partial charge >= 0.3 is 6.03 Å². The lowest BCUT2D eigenvalue weighted by Gasteiger charge is -2.35. The number of urea groups is 1. The van der Waals surface area contributed by atoms with E-state index in [4.69, 9.17) is 21.1 Å². The number of nitrogens with one attached hydrogen (secondary N) is 1. The normalized spacial score (nSPS) is 15.8. The van der Waals surface area contributed by atoms with E-state index in [1.807, 2.05) is 55.5 Å². The van der Waals surface area contributed by atoms with E-state index < -0.39 is 6.04 Å². The molecule has 7 heteroatoms. The Bertz CT molecular complexity index is 1410. The fourth-order valence-electron chi connectivity index (χ4n) is 4.46. The second kappa shape index (κ2) is 9.99. The standard InChI is InChI=1S/C29H27ClN4O2/c1-4-19-6-10-22(11-7-19)27-32-28(36-33-27)25-18(3)34(24-16-8-20(5-2)9-17-24)29(35)31-26(25)21-12-14-23(30)15-13-21/h6-17,26H,4-5H2,1-3H3,(H,31,35). The van der Waals surface area contributed by atoms with Crippen molar-refractivity contribution in [3.63, 3.8) is 0 Å². The molecule has 0 spiro atoms. The first-order chi connectivity index (χ1) is 17.5. The van der Waals surface area contributed by atoms with Crippen molar-refractivity contribution in [3.8, 4) is 11.4 Å². The van der Waals surface area contributed by atoms with Gasteiger partial charge in [0.15, 0.2) is 0 Å². The van der Waals surface area contributed by atoms with Crippen LogP contribution in [0.2, 0.25) is 5.02 Å². The van der Waals surface area contributed by atoms with Gasteiger partial charge in [-0.1, -0.05) is 79.1 Å². The van der Waals surface area contributed by atoms with E-state index in [-0.39, 0.29) is 6.03 Å². The van der Waals surface area contributed by atoms with Gasteiger partial charge in [-0.05, 0) is 60.7 Å². The zero-order chi connectivity index (χ0) is 25.2. The zero-order valence-electron chi connectivity index (χ0n) is 20.5. The summed E-state index contributed by atoms with van der Waals surface area (Å²) < 4.78 is 5.79. The molecule has 2 heterocycles. The van der Waals surface area contributed by atoms with Crippen LogP contribution in [0.3, 0.4) is 0 Å². The smallest absolute Gasteiger partial charge is 0.326 e. The number of nitrogens with zero attached hydrogens (tertiary/aromatic N) is 3. The number of anilines is 1. The third-order valence-corrected chi connectivity index (χ3v) is 6.82. The molecular weight excluding hydrogens is 472 g/mol. The van der Waals surface area contributed by atoms with Crippen molar-refractivity contribution in [2.75, 3.05) is 4.90 Å². The van der Waals surface area contributed by atoms with Crippen molar-refractivity contribution >= 4 is 28.9 Å². The Hall–Kier alpha value is -3.90. The van der Waals surface area contributed by atoms with Crippen molar-refractivity contribution in [1.82, 2.24) is 15.5 Å². The van der Waals surface area contributed by atoms with Gasteiger partial charge in [0.25, 0.3) is 5.89 Å². The number of aromatic nitrogens is 2. The largest absolute Gasteiger partial charge is 0.334 e. The highest BCUT2D eigenvalue weighted by atomic mass is 35.5. The fraction of sp³-hybridized carbons (Fsp3) is 0.207. The molecule has 0 radical (unpaired) electrons. The minimum atomic E-state index is -0.475. The summed E-state index contributed by atoms with van der Waals surface area (Å²) in [7, 11) is 0. The summed E-state index contributed by atoms with van der Waals surface area (Å²) in [6.45, 7) is 6.13. The molecule has 2 amide bonds. The van der Waals surface area contributed by atoms with Crippen LogP contribution in [0.15, 0.2) is 83.0 Å². The molecule has 1 aliphatic rings. The van der Waals surface area contributed by atoms with Crippen LogP contribution in [0.1, 0.15) is 49.4 Å². The van der Waals surface area contributed by atoms with Crippen LogP contribution in [-0.4, -0.2) is 16.2 Å². The first-order valence-corrected chi connectivity index (χ1v) is 12.5. The molecule has 0 bridgehead atoms. The number of carbonyl (C=O) groups excluding carboxylic acids is 1. The lowest BCUT2D eigenvalue weighted by molar-refractivity contribution is 0.244. The number of allylic oxidation sites excluding steroid dienone is 1. The Balaban J connectivity index is 1.61. The number of carbonyl (C=O) groups is 1. The topological polar surface area (TPSA) is 71.3 Å². The Morgan fingerprint density at radius 1 is 0.917 bits per heavy atom. The highest BCUT2D eigenvalue weighted by molar-refractivity contribution is 6.30. The van der Waals surface area contributed by atoms with Gasteiger partial charge in [0.05, 0.1) is 17.3 Å². The molecule has 1 atom stereocenters. The summed E-state index contributed by atoms with van der Waals surface area (Å²) in [4.78, 5) is 19.8. The van der Waals surface area contributed by atoms with Gasteiger partial charge in [-0.15, -0.1) is 0 Å². The summed E-state index contributed by atoms with van der Waals surface area (Å²) in [6, 6.07) is 22.8. The molecule has 3 aromatic carbocycles. The van der Waals surface area contributed by atoms with Gasteiger partial charge in [-0.25, -0.2) is 4.79 Å². The maximum atomic E-state index is 13.4. The number of hydrogen-bond acceptors (Lipinski definition) is 4. The predicted molar refractivity (Wildman–Crippen MR) is 143 cm³/mol. The van der Waals surface area contributed by atoms with E-state index in [0.717, 1.165) is 40.9 Å². The van der Waals surface area contributed by atoms with Gasteiger partial charge in [0.2, 0.25) is 5.82 Å². The molecule has 5 rings (SSSR count). The fourth-order valence-corrected chi connectivity index (χ4v) is 4.58. The third kappa shape index (κ3) is 4.52. The van der Waals surface area contributed by atoms with E-state index in [2.05, 4.69) is 36.5 Å². The van der Waals surface area contributed by atoms with E-state index in [0.29, 0.717) is 16.7 Å². The van der Waals surface area contributed by atoms with Crippen LogP contribution in [0.5, 0.6) is 0 Å². The van der Waals surface area contributed by atoms with Crippen molar-refractivity contribution in [1.29, 1.82) is 0 Å². The Kier molecular flexibility index (Phi) is 6.61. The first-order valence-electron chi connectivity index (χ1n) is 12.1. The summed E-state index contributed by atoms with van der Waals surface area (Å²) in [6.07, 6.45) is 1.89. The predicted octanol–water partition coefficient (Wildman–Crippen LogP) is 7.22. The maximum Gasteiger partial charge on any atom is 0.326 e. The molecule has 0 aliphatic carbocycles. The summed E-state index contributed by atoms with van der Waals surface area (Å²) in [5, 5.41) is 8.01. The number of rotatable bonds is 6. The van der Waals surface area contributed by atoms with Gasteiger partial charge < -0.3 is 9.84 Å². The molecule has 6 nitrogen and oxygen atoms in total. The zero-order valence-corrected chi connectivity index (χ0v) is 21.2. The highest BCUT2D eigenvalue weighted by Gasteiger charge is 2.36. The summed E-state index contributed by atoms with van der Waals surface area (Å²) in [5.74, 6) is 0.857. The Labute approximate surface area is 215 Å². The first kappa shape index (κ1) is 23.8. The highest BCUT2D eigenvalue weighted by Crippen LogP contribution is 2.39. The average molecular weight is 499 g/mol. The number of benzene rings is 3. The van der Waals surface area contributed by atoms with E-state index in [9.17, 15) is 4.79 Å². The minimum absolute atomic E-state index is 0.227. The quantitative estimate of drug-likeness (QED) is 0.304. The van der Waals surface area contributed by atoms with Crippen LogP contribution in [0.25, 0.3) is 17.0 Å². The number of hydrogen-bond donors (Lipinski definition) is 1. The van der Waals surface area contributed by atoms with Gasteiger partial charge in [-0.3, -0.25) is 4.90 Å². The monoisotopic (exact) mass is 498 g/mol. The van der Waals surface area contributed by atoms with Crippen molar-refractivity contribution in [2.24, 2.45) is 0 Å². The second-order valence-electron chi connectivity index (χ2n) is 8.76. The number of amides is 2. The molecule has 1 aromatic heterocycles. The van der Waals surface area contributed by atoms with Crippen molar-refractivity contribution < 1.29 is 9.32 Å².